The van der Waals surface area contributed by atoms with Crippen molar-refractivity contribution in [2.75, 3.05) is 0 Å². The molecule has 0 N–H and O–H groups in total. The van der Waals surface area contributed by atoms with E-state index in [0.29, 0.717) is 5.52 Å². The van der Waals surface area contributed by atoms with Gasteiger partial charge >= 0.3 is 0 Å². The Morgan fingerprint density at radius 3 is 1.44 bits per heavy atom. The zero-order valence-corrected chi connectivity index (χ0v) is 29.4. The third kappa shape index (κ3) is 5.69. The van der Waals surface area contributed by atoms with Gasteiger partial charge in [-0.3, -0.25) is 9.55 Å². The minimum absolute atomic E-state index is 0.256. The molecule has 0 atom stereocenters. The quantitative estimate of drug-likeness (QED) is 0.124. The molecule has 0 spiro atoms. The smallest absolute Gasteiger partial charge is 0.101 e. The molecular weight excluding hydrogens is 649 g/mol. The number of hydrogen-bond acceptors (Lipinski definition) is 2. The summed E-state index contributed by atoms with van der Waals surface area (Å²) in [5.74, 6) is 0.256. The van der Waals surface area contributed by atoms with Gasteiger partial charge in [-0.1, -0.05) is 114 Å². The predicted molar refractivity (Wildman–Crippen MR) is 229 cm³/mol. The van der Waals surface area contributed by atoms with Crippen LogP contribution in [0.4, 0.5) is 0 Å². The van der Waals surface area contributed by atoms with Crippen LogP contribution in [0.1, 0.15) is 5.82 Å². The highest BCUT2D eigenvalue weighted by Crippen LogP contribution is 2.45. The number of fused-ring (bicyclic) bond motifs is 3. The Hall–Kier alpha value is -6.00. The fraction of sp³-hybridized carbons (Fsp3) is 0.0435. The molecule has 2 heterocycles. The van der Waals surface area contributed by atoms with Crippen LogP contribution in [0, 0.1) is 0 Å². The average Bonchev–Trinajstić information content (AvgIpc) is 3.61. The molecule has 8 heteroatoms. The summed E-state index contributed by atoms with van der Waals surface area (Å²) in [7, 11) is 31.4. The first-order chi connectivity index (χ1) is 26.2. The summed E-state index contributed by atoms with van der Waals surface area (Å²) in [5.41, 5.74) is 11.3. The fourth-order valence-electron chi connectivity index (χ4n) is 7.59. The Labute approximate surface area is 321 Å². The van der Waals surface area contributed by atoms with E-state index in [0.717, 1.165) is 44.6 Å². The van der Waals surface area contributed by atoms with Crippen molar-refractivity contribution in [2.24, 2.45) is 0 Å². The van der Waals surface area contributed by atoms with Crippen LogP contribution in [0.5, 0.6) is 0 Å². The summed E-state index contributed by atoms with van der Waals surface area (Å²) >= 11 is 0. The SMILES string of the molecule is [B]C([B])([B])C([B])([B])c1nc2ccccc2n1-c1cccc(-c2cccc(-c3c4ccccc4c(-c4cccc(-c5ccncc5)c4)c4ccccc34)c2)c1. The van der Waals surface area contributed by atoms with Gasteiger partial charge in [0.15, 0.2) is 0 Å². The minimum Gasteiger partial charge on any atom is -0.297 e. The van der Waals surface area contributed by atoms with Crippen LogP contribution in [0.2, 0.25) is 5.11 Å². The molecule has 0 aliphatic heterocycles. The van der Waals surface area contributed by atoms with E-state index in [1.807, 2.05) is 65.5 Å². The zero-order valence-electron chi connectivity index (χ0n) is 29.4. The third-order valence-electron chi connectivity index (χ3n) is 10.3. The molecule has 10 radical (unpaired) electrons. The Balaban J connectivity index is 1.21. The largest absolute Gasteiger partial charge is 0.297 e. The number of benzene rings is 7. The average molecular weight is 677 g/mol. The molecule has 9 aromatic rings. The lowest BCUT2D eigenvalue weighted by atomic mass is 9.23. The van der Waals surface area contributed by atoms with E-state index in [1.165, 1.54) is 32.7 Å². The number of imidazole rings is 1. The highest BCUT2D eigenvalue weighted by Gasteiger charge is 2.36. The van der Waals surface area contributed by atoms with E-state index in [2.05, 4.69) is 114 Å². The van der Waals surface area contributed by atoms with Crippen molar-refractivity contribution >= 4 is 71.8 Å². The molecule has 54 heavy (non-hydrogen) atoms. The Morgan fingerprint density at radius 2 is 0.889 bits per heavy atom. The first-order valence-electron chi connectivity index (χ1n) is 17.8. The van der Waals surface area contributed by atoms with Gasteiger partial charge in [0.1, 0.15) is 5.82 Å². The van der Waals surface area contributed by atoms with E-state index < -0.39 is 10.3 Å². The Bertz CT molecular complexity index is 2800. The molecule has 0 fully saturated rings. The number of rotatable bonds is 7. The van der Waals surface area contributed by atoms with Gasteiger partial charge in [0.25, 0.3) is 0 Å². The van der Waals surface area contributed by atoms with Crippen LogP contribution >= 0.6 is 0 Å². The van der Waals surface area contributed by atoms with Gasteiger partial charge in [-0.05, 0) is 115 Å². The molecular formula is C46H28B5N3. The van der Waals surface area contributed by atoms with Crippen molar-refractivity contribution < 1.29 is 0 Å². The second-order valence-corrected chi connectivity index (χ2v) is 13.9. The minimum atomic E-state index is -1.94. The summed E-state index contributed by atoms with van der Waals surface area (Å²) in [6.07, 6.45) is 3.67. The van der Waals surface area contributed by atoms with E-state index in [-0.39, 0.29) is 5.82 Å². The van der Waals surface area contributed by atoms with Crippen LogP contribution in [0.3, 0.4) is 0 Å². The van der Waals surface area contributed by atoms with E-state index in [9.17, 15) is 0 Å². The normalized spacial score (nSPS) is 12.1. The van der Waals surface area contributed by atoms with Crippen LogP contribution in [-0.2, 0) is 5.21 Å². The molecule has 0 unspecified atom stereocenters. The van der Waals surface area contributed by atoms with Gasteiger partial charge < -0.3 is 0 Å². The van der Waals surface area contributed by atoms with E-state index in [1.54, 1.807) is 0 Å². The number of para-hydroxylation sites is 2. The maximum Gasteiger partial charge on any atom is 0.101 e. The molecule has 2 aromatic heterocycles. The van der Waals surface area contributed by atoms with Crippen molar-refractivity contribution in [3.8, 4) is 50.2 Å². The lowest BCUT2D eigenvalue weighted by Crippen LogP contribution is -2.45. The molecule has 3 nitrogen and oxygen atoms in total. The second kappa shape index (κ2) is 13.1. The Morgan fingerprint density at radius 1 is 0.426 bits per heavy atom. The predicted octanol–water partition coefficient (Wildman–Crippen LogP) is 9.46. The monoisotopic (exact) mass is 677 g/mol. The fourth-order valence-corrected chi connectivity index (χ4v) is 7.59. The molecule has 9 rings (SSSR count). The third-order valence-corrected chi connectivity index (χ3v) is 10.3. The molecule has 0 saturated carbocycles. The Kier molecular flexibility index (Phi) is 8.23. The van der Waals surface area contributed by atoms with Gasteiger partial charge in [-0.25, -0.2) is 4.98 Å². The molecule has 0 saturated heterocycles. The zero-order chi connectivity index (χ0) is 37.0. The summed E-state index contributed by atoms with van der Waals surface area (Å²) in [4.78, 5) is 8.98. The maximum absolute atomic E-state index is 6.54. The molecule has 242 valence electrons. The molecule has 0 bridgehead atoms. The van der Waals surface area contributed by atoms with Gasteiger partial charge in [0.2, 0.25) is 0 Å². The highest BCUT2D eigenvalue weighted by atomic mass is 15.1. The van der Waals surface area contributed by atoms with Crippen molar-refractivity contribution in [1.29, 1.82) is 0 Å². The number of hydrogen-bond donors (Lipinski definition) is 0. The lowest BCUT2D eigenvalue weighted by molar-refractivity contribution is 0.757. The number of pyridine rings is 1. The molecule has 0 aliphatic rings. The van der Waals surface area contributed by atoms with E-state index >= 15 is 0 Å². The molecule has 7 aromatic carbocycles. The topological polar surface area (TPSA) is 30.7 Å². The highest BCUT2D eigenvalue weighted by molar-refractivity contribution is 6.67. The van der Waals surface area contributed by atoms with Crippen LogP contribution in [0.25, 0.3) is 82.8 Å². The van der Waals surface area contributed by atoms with E-state index in [4.69, 9.17) is 44.2 Å². The lowest BCUT2D eigenvalue weighted by Gasteiger charge is -2.41. The second-order valence-electron chi connectivity index (χ2n) is 13.9. The van der Waals surface area contributed by atoms with Crippen LogP contribution in [0.15, 0.2) is 170 Å². The van der Waals surface area contributed by atoms with Crippen molar-refractivity contribution in [2.45, 2.75) is 10.3 Å². The van der Waals surface area contributed by atoms with Crippen molar-refractivity contribution in [3.63, 3.8) is 0 Å². The maximum atomic E-state index is 6.54. The van der Waals surface area contributed by atoms with Gasteiger partial charge in [0, 0.05) is 18.1 Å². The molecule has 0 amide bonds. The summed E-state index contributed by atoms with van der Waals surface area (Å²) in [6, 6.07) is 54.8. The summed E-state index contributed by atoms with van der Waals surface area (Å²) in [5, 5.41) is 0.938. The summed E-state index contributed by atoms with van der Waals surface area (Å²) < 4.78 is 1.88. The van der Waals surface area contributed by atoms with Crippen LogP contribution in [-0.4, -0.2) is 53.8 Å². The molecule has 0 aliphatic carbocycles. The van der Waals surface area contributed by atoms with Crippen molar-refractivity contribution in [1.82, 2.24) is 14.5 Å². The first kappa shape index (κ1) is 33.8. The standard InChI is InChI=1S/C46H28B5N3/c47-45(48,46(49,50)51)44-53-40-20-5-6-21-41(40)54(44)35-15-9-12-32(28-35)31-11-8-14-34(27-31)43-38-18-3-1-16-36(38)42(37-17-2-4-19-39(37)43)33-13-7-10-30(26-33)29-22-24-52-25-23-29/h1-28H. The first-order valence-corrected chi connectivity index (χ1v) is 17.8. The number of aromatic nitrogens is 3. The number of nitrogens with zero attached hydrogens (tertiary/aromatic N) is 3. The van der Waals surface area contributed by atoms with Crippen molar-refractivity contribution in [3.05, 3.63) is 176 Å². The van der Waals surface area contributed by atoms with Gasteiger partial charge in [-0.15, -0.1) is 5.11 Å². The van der Waals surface area contributed by atoms with Gasteiger partial charge in [-0.2, -0.15) is 0 Å². The summed E-state index contributed by atoms with van der Waals surface area (Å²) in [6.45, 7) is 0. The van der Waals surface area contributed by atoms with Gasteiger partial charge in [0.05, 0.1) is 50.3 Å². The van der Waals surface area contributed by atoms with Crippen LogP contribution < -0.4 is 0 Å².